The molecule has 0 N–H and O–H groups in total. The number of hydrogen-bond acceptors (Lipinski definition) is 4. The molecule has 8 rings (SSSR count). The van der Waals surface area contributed by atoms with E-state index in [4.69, 9.17) is 0 Å². The highest BCUT2D eigenvalue weighted by Gasteiger charge is 2.33. The van der Waals surface area contributed by atoms with E-state index in [0.717, 1.165) is 54.3 Å². The first-order chi connectivity index (χ1) is 20.5. The average molecular weight is 568 g/mol. The van der Waals surface area contributed by atoms with Crippen LogP contribution in [0.2, 0.25) is 0 Å². The third-order valence-electron chi connectivity index (χ3n) is 7.92. The Labute approximate surface area is 243 Å². The first kappa shape index (κ1) is 24.6. The predicted octanol–water partition coefficient (Wildman–Crippen LogP) is 9.76. The van der Waals surface area contributed by atoms with E-state index in [9.17, 15) is 18.4 Å². The smallest absolute Gasteiger partial charge is 0.197 e. The second kappa shape index (κ2) is 9.16. The van der Waals surface area contributed by atoms with Gasteiger partial charge in [-0.25, -0.2) is 8.78 Å². The van der Waals surface area contributed by atoms with Gasteiger partial charge >= 0.3 is 0 Å². The number of carbonyl (C=O) groups is 2. The molecule has 0 saturated heterocycles. The van der Waals surface area contributed by atoms with Gasteiger partial charge in [-0.3, -0.25) is 9.59 Å². The number of carbonyl (C=O) groups excluding carboxylic acids is 2. The van der Waals surface area contributed by atoms with Crippen LogP contribution in [-0.2, 0) is 0 Å². The lowest BCUT2D eigenvalue weighted by Gasteiger charge is -2.34. The molecule has 200 valence electrons. The Kier molecular flexibility index (Phi) is 5.36. The van der Waals surface area contributed by atoms with Crippen molar-refractivity contribution in [1.29, 1.82) is 0 Å². The summed E-state index contributed by atoms with van der Waals surface area (Å²) in [5, 5.41) is 1.94. The molecule has 2 heterocycles. The average Bonchev–Trinajstić information content (AvgIpc) is 3.57. The lowest BCUT2D eigenvalue weighted by atomic mass is 9.88. The van der Waals surface area contributed by atoms with E-state index >= 15 is 0 Å². The lowest BCUT2D eigenvalue weighted by Crippen LogP contribution is -2.15. The summed E-state index contributed by atoms with van der Waals surface area (Å²) in [6, 6.07) is 31.9. The molecule has 3 nitrogen and oxygen atoms in total. The second-order valence-corrected chi connectivity index (χ2v) is 11.4. The Hall–Kier alpha value is -5.20. The number of nitrogens with zero attached hydrogens (tertiary/aromatic N) is 1. The Balaban J connectivity index is 1.28. The number of rotatable bonds is 3. The standard InChI is InChI=1S/C36H19F2NO2S/c37-20-8-11-22(12-9-20)39-31-15-10-21(38)18-29(31)26-7-3-6-25-24(14-16-32(39)34(25)26)33-17-13-23(42-33)19-30-35(40)27-4-1-2-5-28(27)36(30)41/h1-19H. The summed E-state index contributed by atoms with van der Waals surface area (Å²) in [6.07, 6.45) is 1.68. The van der Waals surface area contributed by atoms with Gasteiger partial charge in [0.05, 0.1) is 16.9 Å². The summed E-state index contributed by atoms with van der Waals surface area (Å²) < 4.78 is 28.4. The third-order valence-corrected chi connectivity index (χ3v) is 8.98. The van der Waals surface area contributed by atoms with Gasteiger partial charge in [0, 0.05) is 37.5 Å². The monoisotopic (exact) mass is 567 g/mol. The van der Waals surface area contributed by atoms with Crippen molar-refractivity contribution < 1.29 is 18.4 Å². The van der Waals surface area contributed by atoms with Gasteiger partial charge in [0.15, 0.2) is 11.6 Å². The fourth-order valence-electron chi connectivity index (χ4n) is 6.05. The van der Waals surface area contributed by atoms with Gasteiger partial charge in [-0.05, 0) is 83.3 Å². The highest BCUT2D eigenvalue weighted by molar-refractivity contribution is 7.16. The van der Waals surface area contributed by atoms with Crippen molar-refractivity contribution in [2.75, 3.05) is 4.90 Å². The summed E-state index contributed by atoms with van der Waals surface area (Å²) in [6.45, 7) is 0. The Morgan fingerprint density at radius 2 is 1.29 bits per heavy atom. The van der Waals surface area contributed by atoms with Crippen LogP contribution in [-0.4, -0.2) is 11.6 Å². The Morgan fingerprint density at radius 3 is 2.05 bits per heavy atom. The normalized spacial score (nSPS) is 13.5. The fourth-order valence-corrected chi connectivity index (χ4v) is 7.04. The Morgan fingerprint density at radius 1 is 0.595 bits per heavy atom. The van der Waals surface area contributed by atoms with Crippen LogP contribution in [0.15, 0.2) is 115 Å². The van der Waals surface area contributed by atoms with Crippen LogP contribution in [0.3, 0.4) is 0 Å². The van der Waals surface area contributed by atoms with Gasteiger partial charge in [-0.2, -0.15) is 0 Å². The number of anilines is 3. The zero-order valence-electron chi connectivity index (χ0n) is 21.9. The number of Topliss-reactive ketones (excluding diaryl/α,β-unsaturated/α-hetero) is 2. The molecule has 0 spiro atoms. The SMILES string of the molecule is O=C1C(=Cc2ccc(-c3ccc4c5c(cccc35)-c3cc(F)ccc3N4c3ccc(F)cc3)s2)C(=O)c2ccccc21. The molecule has 0 amide bonds. The molecule has 5 aromatic carbocycles. The van der Waals surface area contributed by atoms with E-state index in [2.05, 4.69) is 6.07 Å². The van der Waals surface area contributed by atoms with Crippen LogP contribution < -0.4 is 4.90 Å². The highest BCUT2D eigenvalue weighted by atomic mass is 32.1. The number of halogens is 2. The lowest BCUT2D eigenvalue weighted by molar-refractivity contribution is 0.0990. The fraction of sp³-hybridized carbons (Fsp3) is 0. The summed E-state index contributed by atoms with van der Waals surface area (Å²) >= 11 is 1.50. The molecule has 0 unspecified atom stereocenters. The van der Waals surface area contributed by atoms with E-state index in [1.54, 1.807) is 54.6 Å². The molecule has 1 aliphatic heterocycles. The third kappa shape index (κ3) is 3.62. The molecule has 2 aliphatic rings. The maximum atomic E-state index is 14.6. The number of hydrogen-bond donors (Lipinski definition) is 0. The first-order valence-electron chi connectivity index (χ1n) is 13.4. The van der Waals surface area contributed by atoms with Crippen molar-refractivity contribution in [2.45, 2.75) is 0 Å². The topological polar surface area (TPSA) is 37.4 Å². The number of ketones is 2. The number of thiophene rings is 1. The van der Waals surface area contributed by atoms with Crippen molar-refractivity contribution in [1.82, 2.24) is 0 Å². The van der Waals surface area contributed by atoms with Crippen molar-refractivity contribution in [3.05, 3.63) is 142 Å². The minimum absolute atomic E-state index is 0.176. The van der Waals surface area contributed by atoms with Gasteiger partial charge in [-0.15, -0.1) is 11.3 Å². The van der Waals surface area contributed by atoms with Crippen LogP contribution in [0, 0.1) is 11.6 Å². The van der Waals surface area contributed by atoms with Gasteiger partial charge in [0.2, 0.25) is 0 Å². The zero-order valence-corrected chi connectivity index (χ0v) is 22.7. The largest absolute Gasteiger partial charge is 0.309 e. The highest BCUT2D eigenvalue weighted by Crippen LogP contribution is 2.52. The number of fused-ring (bicyclic) bond motifs is 3. The second-order valence-electron chi connectivity index (χ2n) is 10.3. The number of allylic oxidation sites excluding steroid dienone is 1. The predicted molar refractivity (Wildman–Crippen MR) is 164 cm³/mol. The first-order valence-corrected chi connectivity index (χ1v) is 14.2. The molecule has 0 saturated carbocycles. The van der Waals surface area contributed by atoms with E-state index in [-0.39, 0.29) is 28.8 Å². The van der Waals surface area contributed by atoms with Crippen LogP contribution in [0.5, 0.6) is 0 Å². The van der Waals surface area contributed by atoms with Crippen LogP contribution in [0.25, 0.3) is 38.4 Å². The van der Waals surface area contributed by atoms with Crippen molar-refractivity contribution >= 4 is 56.8 Å². The van der Waals surface area contributed by atoms with E-state index in [1.165, 1.54) is 29.5 Å². The molecule has 6 heteroatoms. The molecule has 0 radical (unpaired) electrons. The molecular weight excluding hydrogens is 548 g/mol. The van der Waals surface area contributed by atoms with Gasteiger partial charge in [0.25, 0.3) is 0 Å². The number of benzene rings is 5. The molecule has 0 bridgehead atoms. The molecule has 42 heavy (non-hydrogen) atoms. The van der Waals surface area contributed by atoms with Crippen molar-refractivity contribution in [2.24, 2.45) is 0 Å². The van der Waals surface area contributed by atoms with Gasteiger partial charge < -0.3 is 4.90 Å². The Bertz CT molecular complexity index is 2120. The quantitative estimate of drug-likeness (QED) is 0.158. The molecule has 0 fully saturated rings. The molecule has 6 aromatic rings. The maximum absolute atomic E-state index is 14.6. The van der Waals surface area contributed by atoms with Crippen molar-refractivity contribution in [3.63, 3.8) is 0 Å². The summed E-state index contributed by atoms with van der Waals surface area (Å²) in [4.78, 5) is 29.7. The minimum Gasteiger partial charge on any atom is -0.309 e. The summed E-state index contributed by atoms with van der Waals surface area (Å²) in [7, 11) is 0. The van der Waals surface area contributed by atoms with Crippen LogP contribution in [0.4, 0.5) is 25.8 Å². The van der Waals surface area contributed by atoms with E-state index < -0.39 is 0 Å². The summed E-state index contributed by atoms with van der Waals surface area (Å²) in [5.74, 6) is -1.17. The van der Waals surface area contributed by atoms with Gasteiger partial charge in [0.1, 0.15) is 11.6 Å². The van der Waals surface area contributed by atoms with E-state index in [1.807, 2.05) is 41.3 Å². The summed E-state index contributed by atoms with van der Waals surface area (Å²) in [5.41, 5.74) is 6.20. The van der Waals surface area contributed by atoms with Crippen LogP contribution in [0.1, 0.15) is 25.6 Å². The minimum atomic E-state index is -0.335. The molecule has 0 atom stereocenters. The van der Waals surface area contributed by atoms with Gasteiger partial charge in [-0.1, -0.05) is 48.5 Å². The van der Waals surface area contributed by atoms with E-state index in [0.29, 0.717) is 11.1 Å². The van der Waals surface area contributed by atoms with Crippen LogP contribution >= 0.6 is 11.3 Å². The molecule has 1 aromatic heterocycles. The van der Waals surface area contributed by atoms with Crippen molar-refractivity contribution in [3.8, 4) is 21.6 Å². The molecular formula is C36H19F2NO2S. The zero-order chi connectivity index (χ0) is 28.5. The maximum Gasteiger partial charge on any atom is 0.197 e. The molecule has 1 aliphatic carbocycles.